The van der Waals surface area contributed by atoms with Gasteiger partial charge in [0.1, 0.15) is 12.3 Å². The average molecular weight is 283 g/mol. The van der Waals surface area contributed by atoms with Gasteiger partial charge in [0.2, 0.25) is 5.91 Å². The molecule has 1 aromatic rings. The summed E-state index contributed by atoms with van der Waals surface area (Å²) in [4.78, 5) is 23.4. The first-order chi connectivity index (χ1) is 9.65. The van der Waals surface area contributed by atoms with Crippen molar-refractivity contribution in [2.24, 2.45) is 0 Å². The van der Waals surface area contributed by atoms with E-state index < -0.39 is 6.04 Å². The second-order valence-corrected chi connectivity index (χ2v) is 4.24. The second-order valence-electron chi connectivity index (χ2n) is 4.24. The largest absolute Gasteiger partial charge is 0.472 e. The zero-order valence-corrected chi connectivity index (χ0v) is 11.8. The van der Waals surface area contributed by atoms with Crippen molar-refractivity contribution in [3.63, 3.8) is 0 Å². The number of ether oxygens (including phenoxy) is 1. The number of carbonyl (C=O) groups excluding carboxylic acids is 2. The van der Waals surface area contributed by atoms with Gasteiger partial charge in [-0.05, 0) is 13.0 Å². The maximum atomic E-state index is 11.7. The minimum atomic E-state index is -0.601. The van der Waals surface area contributed by atoms with Crippen molar-refractivity contribution in [1.29, 1.82) is 0 Å². The molecule has 1 unspecified atom stereocenters. The summed E-state index contributed by atoms with van der Waals surface area (Å²) in [5.41, 5.74) is 0.394. The molecule has 0 spiro atoms. The third-order valence-electron chi connectivity index (χ3n) is 2.61. The van der Waals surface area contributed by atoms with Crippen LogP contribution in [0.25, 0.3) is 0 Å². The van der Waals surface area contributed by atoms with E-state index in [1.54, 1.807) is 20.1 Å². The highest BCUT2D eigenvalue weighted by Gasteiger charge is 2.16. The van der Waals surface area contributed by atoms with Crippen LogP contribution in [0.4, 0.5) is 0 Å². The SMILES string of the molecule is COCCNCCNC(=O)C(C)NC(=O)c1ccoc1. The number of rotatable bonds is 9. The van der Waals surface area contributed by atoms with Crippen molar-refractivity contribution in [2.75, 3.05) is 33.4 Å². The van der Waals surface area contributed by atoms with E-state index in [1.807, 2.05) is 0 Å². The highest BCUT2D eigenvalue weighted by Crippen LogP contribution is 1.99. The molecule has 0 fully saturated rings. The summed E-state index contributed by atoms with van der Waals surface area (Å²) in [6, 6.07) is 0.941. The minimum absolute atomic E-state index is 0.226. The van der Waals surface area contributed by atoms with E-state index in [4.69, 9.17) is 9.15 Å². The third kappa shape index (κ3) is 5.85. The van der Waals surface area contributed by atoms with Crippen LogP contribution in [0.15, 0.2) is 23.0 Å². The van der Waals surface area contributed by atoms with Crippen molar-refractivity contribution < 1.29 is 18.7 Å². The Labute approximate surface area is 118 Å². The average Bonchev–Trinajstić information content (AvgIpc) is 2.96. The lowest BCUT2D eigenvalue weighted by atomic mass is 10.2. The minimum Gasteiger partial charge on any atom is -0.472 e. The van der Waals surface area contributed by atoms with Gasteiger partial charge in [-0.1, -0.05) is 0 Å². The molecule has 1 heterocycles. The van der Waals surface area contributed by atoms with Gasteiger partial charge in [-0.25, -0.2) is 0 Å². The molecule has 0 saturated heterocycles. The molecule has 7 heteroatoms. The summed E-state index contributed by atoms with van der Waals surface area (Å²) in [7, 11) is 1.63. The van der Waals surface area contributed by atoms with E-state index in [9.17, 15) is 9.59 Å². The van der Waals surface area contributed by atoms with E-state index in [2.05, 4.69) is 16.0 Å². The fourth-order valence-corrected chi connectivity index (χ4v) is 1.47. The first kappa shape index (κ1) is 16.2. The molecule has 1 aromatic heterocycles. The molecule has 7 nitrogen and oxygen atoms in total. The molecule has 0 saturated carbocycles. The van der Waals surface area contributed by atoms with E-state index >= 15 is 0 Å². The quantitative estimate of drug-likeness (QED) is 0.544. The number of methoxy groups -OCH3 is 1. The van der Waals surface area contributed by atoms with Crippen LogP contribution in [-0.2, 0) is 9.53 Å². The van der Waals surface area contributed by atoms with E-state index in [1.165, 1.54) is 12.5 Å². The molecular weight excluding hydrogens is 262 g/mol. The Bertz CT molecular complexity index is 406. The van der Waals surface area contributed by atoms with Crippen LogP contribution in [0.2, 0.25) is 0 Å². The predicted octanol–water partition coefficient (Wildman–Crippen LogP) is -0.250. The van der Waals surface area contributed by atoms with Crippen LogP contribution in [0.3, 0.4) is 0 Å². The predicted molar refractivity (Wildman–Crippen MR) is 73.4 cm³/mol. The van der Waals surface area contributed by atoms with E-state index in [0.29, 0.717) is 25.3 Å². The van der Waals surface area contributed by atoms with Crippen molar-refractivity contribution in [3.8, 4) is 0 Å². The molecule has 3 N–H and O–H groups in total. The fraction of sp³-hybridized carbons (Fsp3) is 0.538. The number of carbonyl (C=O) groups is 2. The lowest BCUT2D eigenvalue weighted by Crippen LogP contribution is -2.46. The van der Waals surface area contributed by atoms with Gasteiger partial charge >= 0.3 is 0 Å². The number of furan rings is 1. The van der Waals surface area contributed by atoms with Crippen LogP contribution in [-0.4, -0.2) is 51.2 Å². The molecule has 0 aliphatic carbocycles. The molecule has 2 amide bonds. The van der Waals surface area contributed by atoms with Gasteiger partial charge in [0.05, 0.1) is 18.4 Å². The summed E-state index contributed by atoms with van der Waals surface area (Å²) in [6.07, 6.45) is 2.74. The second kappa shape index (κ2) is 9.11. The van der Waals surface area contributed by atoms with Gasteiger partial charge in [-0.15, -0.1) is 0 Å². The molecule has 1 atom stereocenters. The van der Waals surface area contributed by atoms with Crippen molar-refractivity contribution in [2.45, 2.75) is 13.0 Å². The first-order valence-electron chi connectivity index (χ1n) is 6.45. The summed E-state index contributed by atoms with van der Waals surface area (Å²) < 4.78 is 9.69. The summed E-state index contributed by atoms with van der Waals surface area (Å²) in [5, 5.41) is 8.43. The van der Waals surface area contributed by atoms with Gasteiger partial charge in [0.15, 0.2) is 0 Å². The van der Waals surface area contributed by atoms with Crippen LogP contribution in [0.5, 0.6) is 0 Å². The zero-order chi connectivity index (χ0) is 14.8. The number of nitrogens with one attached hydrogen (secondary N) is 3. The Balaban J connectivity index is 2.17. The van der Waals surface area contributed by atoms with Gasteiger partial charge in [0.25, 0.3) is 5.91 Å². The molecular formula is C13H21N3O4. The van der Waals surface area contributed by atoms with Gasteiger partial charge in [-0.2, -0.15) is 0 Å². The summed E-state index contributed by atoms with van der Waals surface area (Å²) in [5.74, 6) is -0.560. The maximum absolute atomic E-state index is 11.7. The number of hydrogen-bond acceptors (Lipinski definition) is 5. The molecule has 112 valence electrons. The molecule has 0 radical (unpaired) electrons. The first-order valence-corrected chi connectivity index (χ1v) is 6.45. The van der Waals surface area contributed by atoms with Crippen molar-refractivity contribution >= 4 is 11.8 Å². The Kier molecular flexibility index (Phi) is 7.38. The van der Waals surface area contributed by atoms with Crippen molar-refractivity contribution in [3.05, 3.63) is 24.2 Å². The highest BCUT2D eigenvalue weighted by atomic mass is 16.5. The molecule has 0 bridgehead atoms. The van der Waals surface area contributed by atoms with Crippen LogP contribution < -0.4 is 16.0 Å². The Hall–Kier alpha value is -1.86. The van der Waals surface area contributed by atoms with Gasteiger partial charge < -0.3 is 25.1 Å². The molecule has 1 rings (SSSR count). The maximum Gasteiger partial charge on any atom is 0.255 e. The topological polar surface area (TPSA) is 92.6 Å². The summed E-state index contributed by atoms with van der Waals surface area (Å²) in [6.45, 7) is 4.14. The summed E-state index contributed by atoms with van der Waals surface area (Å²) >= 11 is 0. The molecule has 20 heavy (non-hydrogen) atoms. The molecule has 0 aromatic carbocycles. The lowest BCUT2D eigenvalue weighted by molar-refractivity contribution is -0.122. The Morgan fingerprint density at radius 2 is 2.15 bits per heavy atom. The van der Waals surface area contributed by atoms with Crippen molar-refractivity contribution in [1.82, 2.24) is 16.0 Å². The smallest absolute Gasteiger partial charge is 0.255 e. The standard InChI is InChI=1S/C13H21N3O4/c1-10(16-13(18)11-3-7-20-9-11)12(17)15-5-4-14-6-8-19-2/h3,7,9-10,14H,4-6,8H2,1-2H3,(H,15,17)(H,16,18). The van der Waals surface area contributed by atoms with Crippen LogP contribution in [0.1, 0.15) is 17.3 Å². The monoisotopic (exact) mass is 283 g/mol. The van der Waals surface area contributed by atoms with Crippen LogP contribution in [0, 0.1) is 0 Å². The van der Waals surface area contributed by atoms with Gasteiger partial charge in [0, 0.05) is 26.7 Å². The highest BCUT2D eigenvalue weighted by molar-refractivity contribution is 5.97. The van der Waals surface area contributed by atoms with Crippen LogP contribution >= 0.6 is 0 Å². The third-order valence-corrected chi connectivity index (χ3v) is 2.61. The Morgan fingerprint density at radius 3 is 2.80 bits per heavy atom. The lowest BCUT2D eigenvalue weighted by Gasteiger charge is -2.13. The fourth-order valence-electron chi connectivity index (χ4n) is 1.47. The number of amides is 2. The Morgan fingerprint density at radius 1 is 1.35 bits per heavy atom. The molecule has 0 aliphatic rings. The van der Waals surface area contributed by atoms with E-state index in [-0.39, 0.29) is 11.8 Å². The number of hydrogen-bond donors (Lipinski definition) is 3. The van der Waals surface area contributed by atoms with Gasteiger partial charge in [-0.3, -0.25) is 9.59 Å². The zero-order valence-electron chi connectivity index (χ0n) is 11.8. The normalized spacial score (nSPS) is 11.9. The van der Waals surface area contributed by atoms with E-state index in [0.717, 1.165) is 6.54 Å². The molecule has 0 aliphatic heterocycles.